The molecule has 0 fully saturated rings. The fourth-order valence-corrected chi connectivity index (χ4v) is 3.12. The Morgan fingerprint density at radius 2 is 1.76 bits per heavy atom. The molecule has 0 radical (unpaired) electrons. The predicted octanol–water partition coefficient (Wildman–Crippen LogP) is 4.52. The number of hydrogen-bond acceptors (Lipinski definition) is 7. The number of sulfone groups is 1. The van der Waals surface area contributed by atoms with E-state index in [1.54, 1.807) is 48.8 Å². The minimum Gasteiger partial charge on any atom is -0.457 e. The monoisotopic (exact) mass is 421 g/mol. The molecule has 1 aromatic heterocycles. The minimum atomic E-state index is -4.95. The molecule has 1 N–H and O–H groups in total. The molecule has 1 heterocycles. The first-order valence-corrected chi connectivity index (χ1v) is 9.57. The lowest BCUT2D eigenvalue weighted by Crippen LogP contribution is -2.12. The van der Waals surface area contributed by atoms with Crippen LogP contribution in [0.4, 0.5) is 25.8 Å². The molecule has 0 bridgehead atoms. The van der Waals surface area contributed by atoms with Gasteiger partial charge in [-0.2, -0.15) is 8.78 Å². The third kappa shape index (κ3) is 4.63. The van der Waals surface area contributed by atoms with Crippen molar-refractivity contribution in [1.82, 2.24) is 4.98 Å². The van der Waals surface area contributed by atoms with E-state index in [9.17, 15) is 27.3 Å². The van der Waals surface area contributed by atoms with Gasteiger partial charge in [-0.3, -0.25) is 15.1 Å². The molecule has 11 heteroatoms. The highest BCUT2D eigenvalue weighted by molar-refractivity contribution is 7.91. The maximum Gasteiger partial charge on any atom is 0.341 e. The second-order valence-electron chi connectivity index (χ2n) is 5.68. The summed E-state index contributed by atoms with van der Waals surface area (Å²) in [5.41, 5.74) is -0.319. The minimum absolute atomic E-state index is 0.0655. The summed E-state index contributed by atoms with van der Waals surface area (Å²) in [6.45, 7) is 0. The molecule has 0 aliphatic rings. The molecule has 8 nitrogen and oxygen atoms in total. The van der Waals surface area contributed by atoms with Crippen molar-refractivity contribution in [2.24, 2.45) is 0 Å². The van der Waals surface area contributed by atoms with Gasteiger partial charge in [0.15, 0.2) is 0 Å². The molecule has 0 saturated carbocycles. The smallest absolute Gasteiger partial charge is 0.341 e. The quantitative estimate of drug-likeness (QED) is 0.441. The second kappa shape index (κ2) is 8.19. The summed E-state index contributed by atoms with van der Waals surface area (Å²) in [5.74, 6) is -2.71. The van der Waals surface area contributed by atoms with E-state index < -0.39 is 31.1 Å². The van der Waals surface area contributed by atoms with Gasteiger partial charge in [-0.05, 0) is 36.4 Å². The van der Waals surface area contributed by atoms with Crippen molar-refractivity contribution in [3.8, 4) is 11.5 Å². The Bertz CT molecular complexity index is 1140. The number of nitrogens with zero attached hydrogens (tertiary/aromatic N) is 2. The number of nitrogens with one attached hydrogen (secondary N) is 1. The van der Waals surface area contributed by atoms with E-state index in [0.717, 1.165) is 12.1 Å². The zero-order chi connectivity index (χ0) is 21.0. The van der Waals surface area contributed by atoms with Crippen LogP contribution >= 0.6 is 0 Å². The Morgan fingerprint density at radius 3 is 2.41 bits per heavy atom. The fraction of sp³-hybridized carbons (Fsp3) is 0.0556. The van der Waals surface area contributed by atoms with Crippen LogP contribution in [0.15, 0.2) is 71.9 Å². The number of benzene rings is 2. The first-order valence-electron chi connectivity index (χ1n) is 8.03. The molecule has 29 heavy (non-hydrogen) atoms. The Labute approximate surface area is 163 Å². The van der Waals surface area contributed by atoms with Gasteiger partial charge in [-0.1, -0.05) is 6.07 Å². The number of alkyl halides is 2. The van der Waals surface area contributed by atoms with Crippen LogP contribution in [0.5, 0.6) is 11.5 Å². The molecule has 0 saturated heterocycles. The number of ether oxygens (including phenoxy) is 1. The zero-order valence-corrected chi connectivity index (χ0v) is 15.3. The summed E-state index contributed by atoms with van der Waals surface area (Å²) >= 11 is 0. The molecule has 0 unspecified atom stereocenters. The second-order valence-corrected chi connectivity index (χ2v) is 7.60. The van der Waals surface area contributed by atoms with Crippen LogP contribution in [0, 0.1) is 10.1 Å². The number of anilines is 2. The van der Waals surface area contributed by atoms with E-state index in [0.29, 0.717) is 23.3 Å². The van der Waals surface area contributed by atoms with Gasteiger partial charge in [0.2, 0.25) is 9.84 Å². The number of pyridine rings is 1. The number of aromatic nitrogens is 1. The van der Waals surface area contributed by atoms with Crippen LogP contribution in [0.1, 0.15) is 0 Å². The average Bonchev–Trinajstić information content (AvgIpc) is 2.69. The standard InChI is InChI=1S/C18H13F2N3O5S/c19-18(20)29(26,27)15-4-5-16(17(11-15)23(24)25)22-12-2-1-3-14(10-12)28-13-6-8-21-9-7-13/h1-11,18,22H. The SMILES string of the molecule is O=[N+]([O-])c1cc(S(=O)(=O)C(F)F)ccc1Nc1cccc(Oc2ccncc2)c1. The summed E-state index contributed by atoms with van der Waals surface area (Å²) in [6.07, 6.45) is 3.10. The van der Waals surface area contributed by atoms with Crippen LogP contribution in [-0.2, 0) is 9.84 Å². The molecule has 0 aliphatic heterocycles. The van der Waals surface area contributed by atoms with E-state index in [1.165, 1.54) is 0 Å². The molecule has 0 spiro atoms. The van der Waals surface area contributed by atoms with E-state index in [-0.39, 0.29) is 5.69 Å². The summed E-state index contributed by atoms with van der Waals surface area (Å²) in [6, 6.07) is 12.3. The lowest BCUT2D eigenvalue weighted by atomic mass is 10.2. The Hall–Kier alpha value is -3.60. The third-order valence-electron chi connectivity index (χ3n) is 3.73. The number of rotatable bonds is 7. The van der Waals surface area contributed by atoms with Gasteiger partial charge in [0.05, 0.1) is 9.82 Å². The highest BCUT2D eigenvalue weighted by Gasteiger charge is 2.29. The van der Waals surface area contributed by atoms with Gasteiger partial charge in [0.1, 0.15) is 17.2 Å². The van der Waals surface area contributed by atoms with Gasteiger partial charge in [0, 0.05) is 30.2 Å². The summed E-state index contributed by atoms with van der Waals surface area (Å²) in [7, 11) is -4.95. The first kappa shape index (κ1) is 20.1. The van der Waals surface area contributed by atoms with Gasteiger partial charge in [-0.15, -0.1) is 0 Å². The fourth-order valence-electron chi connectivity index (χ4n) is 2.38. The molecular formula is C18H13F2N3O5S. The van der Waals surface area contributed by atoms with Crippen LogP contribution in [0.3, 0.4) is 0 Å². The van der Waals surface area contributed by atoms with Crippen LogP contribution in [0.2, 0.25) is 0 Å². The van der Waals surface area contributed by atoms with Crippen molar-refractivity contribution in [2.75, 3.05) is 5.32 Å². The zero-order valence-electron chi connectivity index (χ0n) is 14.5. The first-order chi connectivity index (χ1) is 13.8. The van der Waals surface area contributed by atoms with Crippen LogP contribution in [-0.4, -0.2) is 24.1 Å². The molecular weight excluding hydrogens is 408 g/mol. The average molecular weight is 421 g/mol. The van der Waals surface area contributed by atoms with Gasteiger partial charge < -0.3 is 10.1 Å². The van der Waals surface area contributed by atoms with Gasteiger partial charge >= 0.3 is 5.76 Å². The lowest BCUT2D eigenvalue weighted by Gasteiger charge is -2.11. The Kier molecular flexibility index (Phi) is 5.69. The van der Waals surface area contributed by atoms with Crippen molar-refractivity contribution >= 4 is 26.9 Å². The summed E-state index contributed by atoms with van der Waals surface area (Å²) < 4.78 is 54.2. The van der Waals surface area contributed by atoms with Crippen molar-refractivity contribution in [2.45, 2.75) is 10.7 Å². The Morgan fingerprint density at radius 1 is 1.03 bits per heavy atom. The highest BCUT2D eigenvalue weighted by Crippen LogP contribution is 2.33. The van der Waals surface area contributed by atoms with Crippen molar-refractivity contribution in [3.63, 3.8) is 0 Å². The normalized spacial score (nSPS) is 11.3. The van der Waals surface area contributed by atoms with Crippen LogP contribution < -0.4 is 10.1 Å². The predicted molar refractivity (Wildman–Crippen MR) is 100 cm³/mol. The maximum absolute atomic E-state index is 12.7. The number of halogens is 2. The number of nitro groups is 1. The van der Waals surface area contributed by atoms with Crippen LogP contribution in [0.25, 0.3) is 0 Å². The largest absolute Gasteiger partial charge is 0.457 e. The van der Waals surface area contributed by atoms with E-state index in [1.807, 2.05) is 0 Å². The van der Waals surface area contributed by atoms with Gasteiger partial charge in [-0.25, -0.2) is 8.42 Å². The molecule has 3 rings (SSSR count). The van der Waals surface area contributed by atoms with Gasteiger partial charge in [0.25, 0.3) is 5.69 Å². The number of hydrogen-bond donors (Lipinski definition) is 1. The molecule has 0 amide bonds. The number of nitro benzene ring substituents is 1. The Balaban J connectivity index is 1.90. The van der Waals surface area contributed by atoms with E-state index in [4.69, 9.17) is 4.74 Å². The van der Waals surface area contributed by atoms with Crippen molar-refractivity contribution < 1.29 is 26.9 Å². The summed E-state index contributed by atoms with van der Waals surface area (Å²) in [5, 5.41) is 14.1. The van der Waals surface area contributed by atoms with Crippen molar-refractivity contribution in [3.05, 3.63) is 77.1 Å². The van der Waals surface area contributed by atoms with E-state index in [2.05, 4.69) is 10.3 Å². The topological polar surface area (TPSA) is 111 Å². The summed E-state index contributed by atoms with van der Waals surface area (Å²) in [4.78, 5) is 13.5. The lowest BCUT2D eigenvalue weighted by molar-refractivity contribution is -0.384. The van der Waals surface area contributed by atoms with Crippen molar-refractivity contribution in [1.29, 1.82) is 0 Å². The highest BCUT2D eigenvalue weighted by atomic mass is 32.2. The molecule has 150 valence electrons. The third-order valence-corrected chi connectivity index (χ3v) is 5.11. The molecule has 2 aromatic carbocycles. The molecule has 0 aliphatic carbocycles. The molecule has 0 atom stereocenters. The van der Waals surface area contributed by atoms with E-state index >= 15 is 0 Å². The molecule has 3 aromatic rings. The maximum atomic E-state index is 12.7.